The van der Waals surface area contributed by atoms with Gasteiger partial charge in [-0.15, -0.1) is 0 Å². The van der Waals surface area contributed by atoms with E-state index in [-0.39, 0.29) is 17.1 Å². The van der Waals surface area contributed by atoms with Gasteiger partial charge in [-0.1, -0.05) is 42.5 Å². The number of carbonyl (C=O) groups is 1. The van der Waals surface area contributed by atoms with Crippen molar-refractivity contribution in [3.05, 3.63) is 77.2 Å². The summed E-state index contributed by atoms with van der Waals surface area (Å²) in [6, 6.07) is 18.0. The van der Waals surface area contributed by atoms with Crippen molar-refractivity contribution in [2.45, 2.75) is 25.2 Å². The lowest BCUT2D eigenvalue weighted by molar-refractivity contribution is -0.116. The van der Waals surface area contributed by atoms with Gasteiger partial charge in [-0.2, -0.15) is 0 Å². The lowest BCUT2D eigenvalue weighted by atomic mass is 9.97. The molecule has 1 saturated heterocycles. The topological polar surface area (TPSA) is 77.5 Å². The Hall–Kier alpha value is -3.12. The number of anilines is 1. The number of carbonyl (C=O) groups excluding carboxylic acids is 1. The zero-order valence-corrected chi connectivity index (χ0v) is 17.3. The van der Waals surface area contributed by atoms with E-state index in [0.717, 1.165) is 31.5 Å². The lowest BCUT2D eigenvalue weighted by Gasteiger charge is -2.23. The SMILES string of the molecule is Cc1cccc(NC(=O)/C(OCC2(c3ccccc3)CC2)=C(\C=N)N2CCNC2)c1. The van der Waals surface area contributed by atoms with Gasteiger partial charge < -0.3 is 20.4 Å². The Morgan fingerprint density at radius 1 is 1.23 bits per heavy atom. The Balaban J connectivity index is 1.59. The minimum Gasteiger partial charge on any atom is -0.485 e. The molecule has 6 heteroatoms. The molecule has 6 nitrogen and oxygen atoms in total. The predicted octanol–water partition coefficient (Wildman–Crippen LogP) is 3.41. The number of amides is 1. The zero-order chi connectivity index (χ0) is 21.0. The number of hydrogen-bond acceptors (Lipinski definition) is 5. The zero-order valence-electron chi connectivity index (χ0n) is 17.3. The second kappa shape index (κ2) is 8.71. The molecule has 1 saturated carbocycles. The van der Waals surface area contributed by atoms with Crippen molar-refractivity contribution in [2.75, 3.05) is 31.7 Å². The summed E-state index contributed by atoms with van der Waals surface area (Å²) in [6.45, 7) is 4.56. The van der Waals surface area contributed by atoms with Gasteiger partial charge in [0.1, 0.15) is 5.70 Å². The van der Waals surface area contributed by atoms with Gasteiger partial charge >= 0.3 is 0 Å². The van der Waals surface area contributed by atoms with Crippen LogP contribution in [0.2, 0.25) is 0 Å². The summed E-state index contributed by atoms with van der Waals surface area (Å²) in [5.74, 6) is -0.118. The summed E-state index contributed by atoms with van der Waals surface area (Å²) >= 11 is 0. The van der Waals surface area contributed by atoms with Gasteiger partial charge in [-0.25, -0.2) is 0 Å². The Labute approximate surface area is 177 Å². The number of aryl methyl sites for hydroxylation is 1. The van der Waals surface area contributed by atoms with E-state index in [9.17, 15) is 4.79 Å². The van der Waals surface area contributed by atoms with Crippen LogP contribution in [-0.4, -0.2) is 43.4 Å². The fraction of sp³-hybridized carbons (Fsp3) is 0.333. The van der Waals surface area contributed by atoms with E-state index >= 15 is 0 Å². The predicted molar refractivity (Wildman–Crippen MR) is 119 cm³/mol. The van der Waals surface area contributed by atoms with E-state index in [1.807, 2.05) is 54.3 Å². The molecule has 156 valence electrons. The van der Waals surface area contributed by atoms with Crippen LogP contribution in [0.25, 0.3) is 0 Å². The van der Waals surface area contributed by atoms with Crippen LogP contribution in [0.1, 0.15) is 24.0 Å². The van der Waals surface area contributed by atoms with Crippen molar-refractivity contribution in [3.63, 3.8) is 0 Å². The third kappa shape index (κ3) is 4.39. The molecule has 2 aromatic rings. The Morgan fingerprint density at radius 3 is 2.67 bits per heavy atom. The molecule has 2 fully saturated rings. The summed E-state index contributed by atoms with van der Waals surface area (Å²) in [6.07, 6.45) is 3.30. The summed E-state index contributed by atoms with van der Waals surface area (Å²) < 4.78 is 6.20. The number of rotatable bonds is 8. The third-order valence-corrected chi connectivity index (χ3v) is 5.79. The van der Waals surface area contributed by atoms with Gasteiger partial charge in [0.15, 0.2) is 0 Å². The number of nitrogens with one attached hydrogen (secondary N) is 3. The molecule has 1 heterocycles. The van der Waals surface area contributed by atoms with Crippen molar-refractivity contribution in [2.24, 2.45) is 0 Å². The lowest BCUT2D eigenvalue weighted by Crippen LogP contribution is -2.30. The highest BCUT2D eigenvalue weighted by Gasteiger charge is 2.45. The van der Waals surface area contributed by atoms with Gasteiger partial charge in [0.2, 0.25) is 5.76 Å². The van der Waals surface area contributed by atoms with Gasteiger partial charge in [0.05, 0.1) is 13.3 Å². The van der Waals surface area contributed by atoms with E-state index in [1.54, 1.807) is 0 Å². The Bertz CT molecular complexity index is 945. The van der Waals surface area contributed by atoms with Crippen LogP contribution in [-0.2, 0) is 14.9 Å². The number of hydrogen-bond donors (Lipinski definition) is 3. The summed E-state index contributed by atoms with van der Waals surface area (Å²) in [7, 11) is 0. The van der Waals surface area contributed by atoms with Crippen molar-refractivity contribution in [1.82, 2.24) is 10.2 Å². The molecule has 0 radical (unpaired) electrons. The molecule has 0 aromatic heterocycles. The molecular weight excluding hydrogens is 376 g/mol. The molecule has 1 aliphatic carbocycles. The first kappa shape index (κ1) is 20.2. The fourth-order valence-corrected chi connectivity index (χ4v) is 3.85. The number of nitrogens with zero attached hydrogens (tertiary/aromatic N) is 1. The molecule has 2 aliphatic rings. The van der Waals surface area contributed by atoms with Crippen LogP contribution in [0.3, 0.4) is 0 Å². The number of ether oxygens (including phenoxy) is 1. The first-order valence-electron chi connectivity index (χ1n) is 10.4. The minimum absolute atomic E-state index is 0.0491. The average molecular weight is 405 g/mol. The normalized spacial score (nSPS) is 17.8. The quantitative estimate of drug-likeness (QED) is 0.358. The van der Waals surface area contributed by atoms with Crippen LogP contribution < -0.4 is 10.6 Å². The minimum atomic E-state index is -0.324. The molecule has 0 atom stereocenters. The highest BCUT2D eigenvalue weighted by Crippen LogP contribution is 2.48. The maximum Gasteiger partial charge on any atom is 0.293 e. The van der Waals surface area contributed by atoms with E-state index < -0.39 is 0 Å². The molecule has 1 amide bonds. The largest absolute Gasteiger partial charge is 0.485 e. The van der Waals surface area contributed by atoms with Gasteiger partial charge in [0.25, 0.3) is 5.91 Å². The summed E-state index contributed by atoms with van der Waals surface area (Å²) in [5.41, 5.74) is 3.48. The maximum absolute atomic E-state index is 13.2. The smallest absolute Gasteiger partial charge is 0.293 e. The molecule has 1 aliphatic heterocycles. The third-order valence-electron chi connectivity index (χ3n) is 5.79. The van der Waals surface area contributed by atoms with Crippen molar-refractivity contribution < 1.29 is 9.53 Å². The van der Waals surface area contributed by atoms with Gasteiger partial charge in [0, 0.05) is 30.4 Å². The molecular formula is C24H28N4O2. The van der Waals surface area contributed by atoms with Crippen LogP contribution in [0.15, 0.2) is 66.1 Å². The Kier molecular flexibility index (Phi) is 5.86. The molecule has 2 aromatic carbocycles. The molecule has 0 spiro atoms. The van der Waals surface area contributed by atoms with Gasteiger partial charge in [-0.05, 0) is 43.0 Å². The van der Waals surface area contributed by atoms with Crippen molar-refractivity contribution in [1.29, 1.82) is 5.41 Å². The van der Waals surface area contributed by atoms with Crippen molar-refractivity contribution in [3.8, 4) is 0 Å². The second-order valence-corrected chi connectivity index (χ2v) is 8.04. The molecule has 4 rings (SSSR count). The van der Waals surface area contributed by atoms with Gasteiger partial charge in [-0.3, -0.25) is 10.1 Å². The maximum atomic E-state index is 13.2. The highest BCUT2D eigenvalue weighted by molar-refractivity contribution is 6.05. The van der Waals surface area contributed by atoms with E-state index in [4.69, 9.17) is 10.1 Å². The average Bonchev–Trinajstić information content (AvgIpc) is 3.36. The molecule has 0 bridgehead atoms. The Morgan fingerprint density at radius 2 is 2.03 bits per heavy atom. The molecule has 3 N–H and O–H groups in total. The summed E-state index contributed by atoms with van der Waals surface area (Å²) in [5, 5.41) is 14.2. The van der Waals surface area contributed by atoms with E-state index in [2.05, 4.69) is 22.8 Å². The monoisotopic (exact) mass is 404 g/mol. The van der Waals surface area contributed by atoms with Crippen LogP contribution >= 0.6 is 0 Å². The summed E-state index contributed by atoms with van der Waals surface area (Å²) in [4.78, 5) is 15.2. The number of allylic oxidation sites excluding steroid dienone is 1. The van der Waals surface area contributed by atoms with Crippen LogP contribution in [0.5, 0.6) is 0 Å². The molecule has 30 heavy (non-hydrogen) atoms. The first-order valence-corrected chi connectivity index (χ1v) is 10.4. The molecule has 0 unspecified atom stereocenters. The number of benzene rings is 2. The van der Waals surface area contributed by atoms with E-state index in [0.29, 0.717) is 24.7 Å². The fourth-order valence-electron chi connectivity index (χ4n) is 3.85. The van der Waals surface area contributed by atoms with Crippen LogP contribution in [0, 0.1) is 12.3 Å². The first-order chi connectivity index (χ1) is 14.6. The second-order valence-electron chi connectivity index (χ2n) is 8.04. The van der Waals surface area contributed by atoms with Crippen LogP contribution in [0.4, 0.5) is 5.69 Å². The standard InChI is InChI=1S/C24H28N4O2/c1-18-6-5-9-20(14-18)27-23(29)22(21(15-25)28-13-12-26-17-28)30-16-24(10-11-24)19-7-3-2-4-8-19/h2-9,14-15,25-26H,10-13,16-17H2,1H3,(H,27,29)/b22-21-,25-15?. The van der Waals surface area contributed by atoms with E-state index in [1.165, 1.54) is 11.8 Å². The highest BCUT2D eigenvalue weighted by atomic mass is 16.5. The van der Waals surface area contributed by atoms with Crippen molar-refractivity contribution >= 4 is 17.8 Å².